The van der Waals surface area contributed by atoms with Crippen molar-refractivity contribution in [3.05, 3.63) is 30.7 Å². The Kier molecular flexibility index (Phi) is 5.05. The monoisotopic (exact) mass is 317 g/mol. The van der Waals surface area contributed by atoms with Gasteiger partial charge < -0.3 is 9.64 Å². The highest BCUT2D eigenvalue weighted by Gasteiger charge is 2.21. The summed E-state index contributed by atoms with van der Waals surface area (Å²) >= 11 is 1.57. The summed E-state index contributed by atoms with van der Waals surface area (Å²) in [5.41, 5.74) is 0. The summed E-state index contributed by atoms with van der Waals surface area (Å²) in [7, 11) is 0. The first kappa shape index (κ1) is 15.0. The van der Waals surface area contributed by atoms with Crippen molar-refractivity contribution >= 4 is 17.6 Å². The molecule has 0 N–H and O–H groups in total. The third kappa shape index (κ3) is 3.85. The zero-order valence-electron chi connectivity index (χ0n) is 12.6. The molecule has 0 saturated carbocycles. The first-order valence-corrected chi connectivity index (χ1v) is 8.59. The quantitative estimate of drug-likeness (QED) is 0.619. The molecule has 3 rings (SSSR count). The Bertz CT molecular complexity index is 589. The molecule has 0 bridgehead atoms. The Hall–Kier alpha value is -1.89. The fourth-order valence-electron chi connectivity index (χ4n) is 2.49. The second-order valence-corrected chi connectivity index (χ2v) is 5.95. The molecule has 0 radical (unpaired) electrons. The predicted molar refractivity (Wildman–Crippen MR) is 86.3 cm³/mol. The van der Waals surface area contributed by atoms with E-state index in [1.165, 1.54) is 0 Å². The van der Waals surface area contributed by atoms with Crippen LogP contribution in [0.4, 0.5) is 5.82 Å². The molecule has 1 saturated heterocycles. The van der Waals surface area contributed by atoms with Gasteiger partial charge in [-0.1, -0.05) is 11.8 Å². The molecule has 6 nitrogen and oxygen atoms in total. The van der Waals surface area contributed by atoms with E-state index in [1.54, 1.807) is 30.2 Å². The number of ether oxygens (including phenoxy) is 1. The van der Waals surface area contributed by atoms with Crippen LogP contribution >= 0.6 is 11.8 Å². The van der Waals surface area contributed by atoms with Crippen molar-refractivity contribution < 1.29 is 4.74 Å². The van der Waals surface area contributed by atoms with Gasteiger partial charge in [0.2, 0.25) is 0 Å². The largest absolute Gasteiger partial charge is 0.463 e. The highest BCUT2D eigenvalue weighted by Crippen LogP contribution is 2.23. The van der Waals surface area contributed by atoms with Crippen LogP contribution in [-0.2, 0) is 0 Å². The topological polar surface area (TPSA) is 64.0 Å². The fourth-order valence-corrected chi connectivity index (χ4v) is 2.84. The second kappa shape index (κ2) is 7.40. The number of piperidine rings is 1. The summed E-state index contributed by atoms with van der Waals surface area (Å²) in [4.78, 5) is 19.3. The Morgan fingerprint density at radius 1 is 1.18 bits per heavy atom. The van der Waals surface area contributed by atoms with Gasteiger partial charge in [-0.2, -0.15) is 0 Å². The van der Waals surface area contributed by atoms with Gasteiger partial charge in [-0.15, -0.1) is 0 Å². The maximum absolute atomic E-state index is 5.65. The van der Waals surface area contributed by atoms with Crippen LogP contribution < -0.4 is 9.64 Å². The van der Waals surface area contributed by atoms with E-state index in [4.69, 9.17) is 4.74 Å². The second-order valence-electron chi connectivity index (χ2n) is 5.17. The Balaban J connectivity index is 1.49. The molecule has 1 aliphatic rings. The summed E-state index contributed by atoms with van der Waals surface area (Å²) < 4.78 is 5.65. The minimum absolute atomic E-state index is 0.463. The minimum atomic E-state index is 0.463. The van der Waals surface area contributed by atoms with E-state index in [1.807, 2.05) is 18.5 Å². The van der Waals surface area contributed by atoms with Crippen LogP contribution in [0.2, 0.25) is 0 Å². The van der Waals surface area contributed by atoms with Gasteiger partial charge in [0, 0.05) is 31.7 Å². The Morgan fingerprint density at radius 2 is 1.95 bits per heavy atom. The molecule has 116 valence electrons. The third-order valence-electron chi connectivity index (χ3n) is 3.73. The summed E-state index contributed by atoms with van der Waals surface area (Å²) in [5.74, 6) is 1.56. The number of rotatable bonds is 5. The average Bonchev–Trinajstić information content (AvgIpc) is 2.61. The molecular weight excluding hydrogens is 298 g/mol. The summed E-state index contributed by atoms with van der Waals surface area (Å²) in [6.07, 6.45) is 9.40. The Labute approximate surface area is 134 Å². The molecule has 0 spiro atoms. The molecule has 2 aromatic rings. The number of hydrogen-bond acceptors (Lipinski definition) is 7. The van der Waals surface area contributed by atoms with Gasteiger partial charge in [-0.3, -0.25) is 0 Å². The van der Waals surface area contributed by atoms with E-state index in [-0.39, 0.29) is 0 Å². The lowest BCUT2D eigenvalue weighted by Crippen LogP contribution is -2.36. The molecule has 1 fully saturated rings. The smallest absolute Gasteiger partial charge is 0.316 e. The van der Waals surface area contributed by atoms with Gasteiger partial charge in [0.05, 0.1) is 6.61 Å². The van der Waals surface area contributed by atoms with E-state index in [0.29, 0.717) is 18.5 Å². The molecule has 0 amide bonds. The average molecular weight is 317 g/mol. The SMILES string of the molecule is CSc1nccc(N2CCC(COc3ncccn3)CC2)n1. The van der Waals surface area contributed by atoms with Gasteiger partial charge in [-0.05, 0) is 37.1 Å². The van der Waals surface area contributed by atoms with E-state index in [2.05, 4.69) is 24.8 Å². The van der Waals surface area contributed by atoms with E-state index in [0.717, 1.165) is 36.9 Å². The first-order valence-electron chi connectivity index (χ1n) is 7.37. The van der Waals surface area contributed by atoms with Crippen LogP contribution in [0.5, 0.6) is 6.01 Å². The summed E-state index contributed by atoms with van der Waals surface area (Å²) in [6, 6.07) is 4.23. The van der Waals surface area contributed by atoms with Crippen molar-refractivity contribution in [2.75, 3.05) is 30.9 Å². The molecule has 2 aromatic heterocycles. The van der Waals surface area contributed by atoms with Gasteiger partial charge in [0.15, 0.2) is 5.16 Å². The zero-order valence-corrected chi connectivity index (χ0v) is 13.4. The normalized spacial score (nSPS) is 15.8. The number of anilines is 1. The fraction of sp³-hybridized carbons (Fsp3) is 0.467. The van der Waals surface area contributed by atoms with Crippen molar-refractivity contribution in [2.24, 2.45) is 5.92 Å². The molecule has 0 aromatic carbocycles. The van der Waals surface area contributed by atoms with Crippen molar-refractivity contribution in [3.8, 4) is 6.01 Å². The molecular formula is C15H19N5OS. The standard InChI is InChI=1S/C15H19N5OS/c1-22-15-18-8-3-13(19-15)20-9-4-12(5-10-20)11-21-14-16-6-2-7-17-14/h2-3,6-8,12H,4-5,9-11H2,1H3. The van der Waals surface area contributed by atoms with Crippen molar-refractivity contribution in [2.45, 2.75) is 18.0 Å². The number of aromatic nitrogens is 4. The van der Waals surface area contributed by atoms with Crippen molar-refractivity contribution in [3.63, 3.8) is 0 Å². The van der Waals surface area contributed by atoms with Crippen LogP contribution in [0.1, 0.15) is 12.8 Å². The van der Waals surface area contributed by atoms with E-state index < -0.39 is 0 Å². The van der Waals surface area contributed by atoms with E-state index >= 15 is 0 Å². The molecule has 3 heterocycles. The van der Waals surface area contributed by atoms with Gasteiger partial charge in [-0.25, -0.2) is 19.9 Å². The van der Waals surface area contributed by atoms with Crippen molar-refractivity contribution in [1.82, 2.24) is 19.9 Å². The van der Waals surface area contributed by atoms with Crippen LogP contribution in [0.3, 0.4) is 0 Å². The molecule has 7 heteroatoms. The maximum atomic E-state index is 5.65. The molecule has 0 unspecified atom stereocenters. The van der Waals surface area contributed by atoms with Gasteiger partial charge >= 0.3 is 6.01 Å². The maximum Gasteiger partial charge on any atom is 0.316 e. The minimum Gasteiger partial charge on any atom is -0.463 e. The molecule has 0 aliphatic carbocycles. The molecule has 0 atom stereocenters. The zero-order chi connectivity index (χ0) is 15.2. The lowest BCUT2D eigenvalue weighted by molar-refractivity contribution is 0.208. The highest BCUT2D eigenvalue weighted by molar-refractivity contribution is 7.98. The number of nitrogens with zero attached hydrogens (tertiary/aromatic N) is 5. The third-order valence-corrected chi connectivity index (χ3v) is 4.29. The Morgan fingerprint density at radius 3 is 2.68 bits per heavy atom. The van der Waals surface area contributed by atoms with Gasteiger partial charge in [0.1, 0.15) is 5.82 Å². The van der Waals surface area contributed by atoms with Gasteiger partial charge in [0.25, 0.3) is 0 Å². The van der Waals surface area contributed by atoms with E-state index in [9.17, 15) is 0 Å². The lowest BCUT2D eigenvalue weighted by Gasteiger charge is -2.32. The van der Waals surface area contributed by atoms with Crippen LogP contribution in [-0.4, -0.2) is 45.9 Å². The van der Waals surface area contributed by atoms with Crippen LogP contribution in [0.25, 0.3) is 0 Å². The predicted octanol–water partition coefficient (Wildman–Crippen LogP) is 2.28. The summed E-state index contributed by atoms with van der Waals surface area (Å²) in [5, 5.41) is 0.823. The van der Waals surface area contributed by atoms with Crippen molar-refractivity contribution in [1.29, 1.82) is 0 Å². The summed E-state index contributed by atoms with van der Waals surface area (Å²) in [6.45, 7) is 2.67. The lowest BCUT2D eigenvalue weighted by atomic mass is 9.98. The number of thioether (sulfide) groups is 1. The number of hydrogen-bond donors (Lipinski definition) is 0. The van der Waals surface area contributed by atoms with Crippen LogP contribution in [0, 0.1) is 5.92 Å². The molecule has 1 aliphatic heterocycles. The molecule has 22 heavy (non-hydrogen) atoms. The first-order chi connectivity index (χ1) is 10.8. The van der Waals surface area contributed by atoms with Crippen LogP contribution in [0.15, 0.2) is 35.9 Å². The highest BCUT2D eigenvalue weighted by atomic mass is 32.2.